The zero-order valence-corrected chi connectivity index (χ0v) is 17.0. The van der Waals surface area contributed by atoms with Gasteiger partial charge in [0, 0.05) is 18.7 Å². The SMILES string of the molecule is COCC[NH+](CC(=O)NCc1ccc(Cl)cc1)Cc1nc2ccccc2c(=O)[nH]1. The first-order valence-corrected chi connectivity index (χ1v) is 9.74. The standard InChI is InChI=1S/C21H23ClN4O3/c1-29-11-10-26(14-20(27)23-12-15-6-8-16(22)9-7-15)13-19-24-18-5-3-2-4-17(18)21(28)25-19/h2-9H,10-14H2,1H3,(H,23,27)(H,24,25,28)/p+1. The summed E-state index contributed by atoms with van der Waals surface area (Å²) in [6.07, 6.45) is 0. The third-order valence-electron chi connectivity index (χ3n) is 4.55. The highest BCUT2D eigenvalue weighted by Crippen LogP contribution is 2.09. The monoisotopic (exact) mass is 415 g/mol. The van der Waals surface area contributed by atoms with Gasteiger partial charge in [-0.1, -0.05) is 35.9 Å². The number of H-pyrrole nitrogens is 1. The number of carbonyl (C=O) groups is 1. The average Bonchev–Trinajstić information content (AvgIpc) is 2.71. The van der Waals surface area contributed by atoms with E-state index in [1.807, 2.05) is 24.3 Å². The maximum absolute atomic E-state index is 12.4. The van der Waals surface area contributed by atoms with Gasteiger partial charge in [-0.05, 0) is 29.8 Å². The number of carbonyl (C=O) groups excluding carboxylic acids is 1. The van der Waals surface area contributed by atoms with Gasteiger partial charge in [-0.25, -0.2) is 4.98 Å². The van der Waals surface area contributed by atoms with Crippen molar-refractivity contribution in [2.45, 2.75) is 13.1 Å². The number of nitrogens with one attached hydrogen (secondary N) is 3. The van der Waals surface area contributed by atoms with Crippen molar-refractivity contribution < 1.29 is 14.4 Å². The summed E-state index contributed by atoms with van der Waals surface area (Å²) >= 11 is 5.88. The third kappa shape index (κ3) is 6.12. The molecule has 0 fully saturated rings. The summed E-state index contributed by atoms with van der Waals surface area (Å²) < 4.78 is 5.17. The van der Waals surface area contributed by atoms with Crippen molar-refractivity contribution in [3.63, 3.8) is 0 Å². The predicted molar refractivity (Wildman–Crippen MR) is 112 cm³/mol. The molecule has 1 heterocycles. The third-order valence-corrected chi connectivity index (χ3v) is 4.80. The number of fused-ring (bicyclic) bond motifs is 1. The van der Waals surface area contributed by atoms with Gasteiger partial charge in [0.05, 0.1) is 17.5 Å². The molecule has 152 valence electrons. The van der Waals surface area contributed by atoms with Crippen molar-refractivity contribution in [3.8, 4) is 0 Å². The molecule has 0 spiro atoms. The van der Waals surface area contributed by atoms with Crippen molar-refractivity contribution in [2.24, 2.45) is 0 Å². The number of aromatic nitrogens is 2. The molecule has 1 unspecified atom stereocenters. The van der Waals surface area contributed by atoms with Crippen LogP contribution in [0.25, 0.3) is 10.9 Å². The van der Waals surface area contributed by atoms with Gasteiger partial charge >= 0.3 is 0 Å². The maximum Gasteiger partial charge on any atom is 0.275 e. The lowest BCUT2D eigenvalue weighted by molar-refractivity contribution is -0.906. The van der Waals surface area contributed by atoms with Crippen LogP contribution < -0.4 is 15.8 Å². The zero-order chi connectivity index (χ0) is 20.6. The van der Waals surface area contributed by atoms with E-state index in [1.54, 1.807) is 31.4 Å². The fourth-order valence-corrected chi connectivity index (χ4v) is 3.16. The predicted octanol–water partition coefficient (Wildman–Crippen LogP) is 0.924. The molecule has 2 aromatic carbocycles. The first-order chi connectivity index (χ1) is 14.0. The van der Waals surface area contributed by atoms with Gasteiger partial charge in [-0.3, -0.25) is 9.59 Å². The van der Waals surface area contributed by atoms with Gasteiger partial charge < -0.3 is 19.9 Å². The van der Waals surface area contributed by atoms with Crippen LogP contribution in [-0.2, 0) is 22.6 Å². The van der Waals surface area contributed by atoms with E-state index < -0.39 is 0 Å². The Morgan fingerprint density at radius 3 is 2.72 bits per heavy atom. The number of rotatable bonds is 9. The van der Waals surface area contributed by atoms with Gasteiger partial charge in [0.15, 0.2) is 12.4 Å². The minimum atomic E-state index is -0.177. The van der Waals surface area contributed by atoms with E-state index in [0.717, 1.165) is 10.5 Å². The Morgan fingerprint density at radius 2 is 1.97 bits per heavy atom. The Balaban J connectivity index is 1.65. The average molecular weight is 416 g/mol. The molecule has 7 nitrogen and oxygen atoms in total. The summed E-state index contributed by atoms with van der Waals surface area (Å²) in [6, 6.07) is 14.5. The molecule has 1 amide bonds. The Kier molecular flexibility index (Phi) is 7.35. The van der Waals surface area contributed by atoms with Crippen LogP contribution in [0.5, 0.6) is 0 Å². The first-order valence-electron chi connectivity index (χ1n) is 9.36. The Labute approximate surface area is 173 Å². The maximum atomic E-state index is 12.4. The lowest BCUT2D eigenvalue weighted by Gasteiger charge is -2.18. The molecule has 29 heavy (non-hydrogen) atoms. The van der Waals surface area contributed by atoms with E-state index in [1.165, 1.54) is 0 Å². The van der Waals surface area contributed by atoms with Crippen molar-refractivity contribution in [1.29, 1.82) is 0 Å². The van der Waals surface area contributed by atoms with Crippen molar-refractivity contribution in [3.05, 3.63) is 75.3 Å². The van der Waals surface area contributed by atoms with Crippen molar-refractivity contribution in [1.82, 2.24) is 15.3 Å². The number of hydrogen-bond acceptors (Lipinski definition) is 4. The second-order valence-corrected chi connectivity index (χ2v) is 7.22. The molecule has 1 aromatic heterocycles. The van der Waals surface area contributed by atoms with Crippen LogP contribution in [0.15, 0.2) is 53.3 Å². The number of aromatic amines is 1. The first kappa shape index (κ1) is 21.0. The molecule has 3 N–H and O–H groups in total. The fraction of sp³-hybridized carbons (Fsp3) is 0.286. The smallest absolute Gasteiger partial charge is 0.275 e. The Bertz CT molecular complexity index is 1020. The van der Waals surface area contributed by atoms with Crippen LogP contribution in [0.1, 0.15) is 11.4 Å². The number of halogens is 1. The van der Waals surface area contributed by atoms with Crippen LogP contribution in [0, 0.1) is 0 Å². The van der Waals surface area contributed by atoms with E-state index in [0.29, 0.717) is 48.0 Å². The van der Waals surface area contributed by atoms with E-state index in [2.05, 4.69) is 15.3 Å². The van der Waals surface area contributed by atoms with Crippen LogP contribution in [-0.4, -0.2) is 42.7 Å². The molecular weight excluding hydrogens is 392 g/mol. The minimum Gasteiger partial charge on any atom is -0.379 e. The van der Waals surface area contributed by atoms with Crippen LogP contribution in [0.2, 0.25) is 5.02 Å². The number of quaternary nitrogens is 1. The largest absolute Gasteiger partial charge is 0.379 e. The second kappa shape index (κ2) is 10.2. The molecule has 0 saturated carbocycles. The zero-order valence-electron chi connectivity index (χ0n) is 16.2. The lowest BCUT2D eigenvalue weighted by atomic mass is 10.2. The molecule has 0 saturated heterocycles. The highest BCUT2D eigenvalue weighted by Gasteiger charge is 2.17. The van der Waals surface area contributed by atoms with Crippen LogP contribution in [0.4, 0.5) is 0 Å². The molecule has 0 aliphatic rings. The van der Waals surface area contributed by atoms with E-state index in [4.69, 9.17) is 16.3 Å². The molecule has 3 rings (SSSR count). The van der Waals surface area contributed by atoms with Gasteiger partial charge in [0.25, 0.3) is 11.5 Å². The molecule has 3 aromatic rings. The molecule has 0 radical (unpaired) electrons. The number of nitrogens with zero attached hydrogens (tertiary/aromatic N) is 1. The molecule has 0 aliphatic carbocycles. The number of amides is 1. The summed E-state index contributed by atoms with van der Waals surface area (Å²) in [4.78, 5) is 33.0. The highest BCUT2D eigenvalue weighted by atomic mass is 35.5. The number of ether oxygens (including phenoxy) is 1. The second-order valence-electron chi connectivity index (χ2n) is 6.78. The quantitative estimate of drug-likeness (QED) is 0.485. The number of methoxy groups -OCH3 is 1. The number of benzene rings is 2. The fourth-order valence-electron chi connectivity index (χ4n) is 3.03. The van der Waals surface area contributed by atoms with Crippen molar-refractivity contribution >= 4 is 28.4 Å². The Hall–Kier alpha value is -2.74. The number of para-hydroxylation sites is 1. The van der Waals surface area contributed by atoms with Crippen LogP contribution in [0.3, 0.4) is 0 Å². The molecule has 0 bridgehead atoms. The minimum absolute atomic E-state index is 0.0887. The van der Waals surface area contributed by atoms with Gasteiger partial charge in [0.2, 0.25) is 0 Å². The van der Waals surface area contributed by atoms with Gasteiger partial charge in [0.1, 0.15) is 13.1 Å². The molecule has 1 atom stereocenters. The highest BCUT2D eigenvalue weighted by molar-refractivity contribution is 6.30. The molecule has 8 heteroatoms. The summed E-state index contributed by atoms with van der Waals surface area (Å²) in [5.74, 6) is 0.458. The van der Waals surface area contributed by atoms with Crippen molar-refractivity contribution in [2.75, 3.05) is 26.8 Å². The topological polar surface area (TPSA) is 88.5 Å². The van der Waals surface area contributed by atoms with Gasteiger partial charge in [-0.15, -0.1) is 0 Å². The summed E-state index contributed by atoms with van der Waals surface area (Å²) in [7, 11) is 1.62. The summed E-state index contributed by atoms with van der Waals surface area (Å²) in [5.41, 5.74) is 1.44. The van der Waals surface area contributed by atoms with Crippen LogP contribution >= 0.6 is 11.6 Å². The number of hydrogen-bond donors (Lipinski definition) is 3. The summed E-state index contributed by atoms with van der Waals surface area (Å²) in [5, 5.41) is 4.13. The van der Waals surface area contributed by atoms with E-state index >= 15 is 0 Å². The molecule has 0 aliphatic heterocycles. The van der Waals surface area contributed by atoms with E-state index in [9.17, 15) is 9.59 Å². The van der Waals surface area contributed by atoms with Gasteiger partial charge in [-0.2, -0.15) is 0 Å². The van der Waals surface area contributed by atoms with E-state index in [-0.39, 0.29) is 18.0 Å². The lowest BCUT2D eigenvalue weighted by Crippen LogP contribution is -3.12. The molecular formula is C21H24ClN4O3+. The summed E-state index contributed by atoms with van der Waals surface area (Å²) in [6.45, 7) is 2.20. The Morgan fingerprint density at radius 1 is 1.21 bits per heavy atom. The normalized spacial score (nSPS) is 12.1.